The Kier molecular flexibility index (Phi) is 7.76. The lowest BCUT2D eigenvalue weighted by Gasteiger charge is -2.31. The molecule has 1 fully saturated rings. The molecular weight excluding hydrogens is 284 g/mol. The number of hydrogen-bond acceptors (Lipinski definition) is 2. The van der Waals surface area contributed by atoms with Crippen molar-refractivity contribution in [3.63, 3.8) is 0 Å². The first-order valence-electron chi connectivity index (χ1n) is 7.75. The highest BCUT2D eigenvalue weighted by atomic mass is 35.5. The van der Waals surface area contributed by atoms with Gasteiger partial charge < -0.3 is 11.1 Å². The zero-order valence-electron chi connectivity index (χ0n) is 12.8. The van der Waals surface area contributed by atoms with Gasteiger partial charge in [-0.1, -0.05) is 50.1 Å². The molecule has 1 aliphatic rings. The third-order valence-corrected chi connectivity index (χ3v) is 4.42. The fraction of sp³-hybridized carbons (Fsp3) is 0.588. The van der Waals surface area contributed by atoms with E-state index in [4.69, 9.17) is 5.73 Å². The van der Waals surface area contributed by atoms with Crippen LogP contribution >= 0.6 is 12.4 Å². The van der Waals surface area contributed by atoms with Crippen LogP contribution in [0.5, 0.6) is 0 Å². The molecule has 1 saturated carbocycles. The smallest absolute Gasteiger partial charge is 0.220 e. The Morgan fingerprint density at radius 1 is 1.29 bits per heavy atom. The molecule has 1 aromatic rings. The van der Waals surface area contributed by atoms with Crippen molar-refractivity contribution in [2.75, 3.05) is 6.54 Å². The Bertz CT molecular complexity index is 424. The van der Waals surface area contributed by atoms with Crippen LogP contribution in [0.3, 0.4) is 0 Å². The maximum Gasteiger partial charge on any atom is 0.220 e. The summed E-state index contributed by atoms with van der Waals surface area (Å²) in [5.74, 6) is 0.877. The Morgan fingerprint density at radius 2 is 1.95 bits per heavy atom. The number of carbonyl (C=O) groups is 1. The monoisotopic (exact) mass is 310 g/mol. The fourth-order valence-electron chi connectivity index (χ4n) is 3.12. The molecule has 118 valence electrons. The van der Waals surface area contributed by atoms with E-state index >= 15 is 0 Å². The minimum atomic E-state index is 0. The standard InChI is InChI=1S/C17H26N2O.ClH/c1-13(14-7-3-2-4-8-14)11-17(20)19-16-10-6-5-9-15(16)12-18;/h2-4,7-8,13,15-16H,5-6,9-12,18H2,1H3,(H,19,20);1H. The Morgan fingerprint density at radius 3 is 2.62 bits per heavy atom. The summed E-state index contributed by atoms with van der Waals surface area (Å²) < 4.78 is 0. The summed E-state index contributed by atoms with van der Waals surface area (Å²) in [5, 5.41) is 3.20. The first kappa shape index (κ1) is 18.0. The molecule has 0 saturated heterocycles. The van der Waals surface area contributed by atoms with Crippen molar-refractivity contribution in [3.05, 3.63) is 35.9 Å². The summed E-state index contributed by atoms with van der Waals surface area (Å²) in [6.45, 7) is 2.79. The third kappa shape index (κ3) is 5.33. The second-order valence-electron chi connectivity index (χ2n) is 5.97. The minimum absolute atomic E-state index is 0. The van der Waals surface area contributed by atoms with Crippen molar-refractivity contribution >= 4 is 18.3 Å². The van der Waals surface area contributed by atoms with Gasteiger partial charge in [0.15, 0.2) is 0 Å². The van der Waals surface area contributed by atoms with Gasteiger partial charge in [0.25, 0.3) is 0 Å². The minimum Gasteiger partial charge on any atom is -0.353 e. The molecule has 2 rings (SSSR count). The van der Waals surface area contributed by atoms with Crippen molar-refractivity contribution in [1.82, 2.24) is 5.32 Å². The molecule has 3 N–H and O–H groups in total. The highest BCUT2D eigenvalue weighted by Crippen LogP contribution is 2.24. The van der Waals surface area contributed by atoms with Gasteiger partial charge in [-0.2, -0.15) is 0 Å². The molecule has 0 aromatic heterocycles. The maximum atomic E-state index is 12.2. The molecule has 0 spiro atoms. The summed E-state index contributed by atoms with van der Waals surface area (Å²) in [6.07, 6.45) is 5.23. The summed E-state index contributed by atoms with van der Waals surface area (Å²) in [4.78, 5) is 12.2. The summed E-state index contributed by atoms with van der Waals surface area (Å²) in [7, 11) is 0. The number of benzene rings is 1. The number of amides is 1. The van der Waals surface area contributed by atoms with Crippen LogP contribution in [0.15, 0.2) is 30.3 Å². The van der Waals surface area contributed by atoms with Gasteiger partial charge in [-0.25, -0.2) is 0 Å². The predicted molar refractivity (Wildman–Crippen MR) is 89.7 cm³/mol. The van der Waals surface area contributed by atoms with Crippen LogP contribution in [0.2, 0.25) is 0 Å². The number of nitrogens with two attached hydrogens (primary N) is 1. The molecular formula is C17H27ClN2O. The van der Waals surface area contributed by atoms with Crippen LogP contribution in [-0.4, -0.2) is 18.5 Å². The Balaban J connectivity index is 0.00000220. The van der Waals surface area contributed by atoms with Gasteiger partial charge in [-0.05, 0) is 36.8 Å². The van der Waals surface area contributed by atoms with Gasteiger partial charge in [0, 0.05) is 12.5 Å². The Hall–Kier alpha value is -1.06. The molecule has 3 nitrogen and oxygen atoms in total. The lowest BCUT2D eigenvalue weighted by Crippen LogP contribution is -2.44. The molecule has 1 aliphatic carbocycles. The maximum absolute atomic E-state index is 12.2. The van der Waals surface area contributed by atoms with E-state index in [2.05, 4.69) is 24.4 Å². The van der Waals surface area contributed by atoms with Crippen molar-refractivity contribution < 1.29 is 4.79 Å². The van der Waals surface area contributed by atoms with Crippen molar-refractivity contribution in [2.45, 2.75) is 51.0 Å². The zero-order chi connectivity index (χ0) is 14.4. The molecule has 0 radical (unpaired) electrons. The lowest BCUT2D eigenvalue weighted by atomic mass is 9.84. The SMILES string of the molecule is CC(CC(=O)NC1CCCCC1CN)c1ccccc1.Cl. The zero-order valence-corrected chi connectivity index (χ0v) is 13.6. The van der Waals surface area contributed by atoms with Gasteiger partial charge >= 0.3 is 0 Å². The van der Waals surface area contributed by atoms with E-state index in [9.17, 15) is 4.79 Å². The number of nitrogens with one attached hydrogen (secondary N) is 1. The van der Waals surface area contributed by atoms with Crippen molar-refractivity contribution in [2.24, 2.45) is 11.7 Å². The molecule has 0 bridgehead atoms. The normalized spacial score (nSPS) is 23.0. The second-order valence-corrected chi connectivity index (χ2v) is 5.97. The summed E-state index contributed by atoms with van der Waals surface area (Å²) >= 11 is 0. The molecule has 1 amide bonds. The summed E-state index contributed by atoms with van der Waals surface area (Å²) in [5.41, 5.74) is 7.03. The van der Waals surface area contributed by atoms with Gasteiger partial charge in [-0.15, -0.1) is 12.4 Å². The highest BCUT2D eigenvalue weighted by molar-refractivity contribution is 5.85. The number of carbonyl (C=O) groups excluding carboxylic acids is 1. The molecule has 0 aliphatic heterocycles. The average Bonchev–Trinajstić information content (AvgIpc) is 2.48. The second kappa shape index (κ2) is 9.06. The number of rotatable bonds is 5. The van der Waals surface area contributed by atoms with Crippen LogP contribution in [0.1, 0.15) is 50.5 Å². The average molecular weight is 311 g/mol. The van der Waals surface area contributed by atoms with Gasteiger partial charge in [0.1, 0.15) is 0 Å². The lowest BCUT2D eigenvalue weighted by molar-refractivity contribution is -0.122. The first-order chi connectivity index (χ1) is 9.70. The molecule has 4 heteroatoms. The molecule has 0 heterocycles. The molecule has 1 aromatic carbocycles. The van der Waals surface area contributed by atoms with Crippen LogP contribution in [0.4, 0.5) is 0 Å². The van der Waals surface area contributed by atoms with E-state index in [0.717, 1.165) is 12.8 Å². The fourth-order valence-corrected chi connectivity index (χ4v) is 3.12. The van der Waals surface area contributed by atoms with E-state index in [-0.39, 0.29) is 30.3 Å². The van der Waals surface area contributed by atoms with E-state index in [1.54, 1.807) is 0 Å². The molecule has 21 heavy (non-hydrogen) atoms. The van der Waals surface area contributed by atoms with Crippen LogP contribution in [0, 0.1) is 5.92 Å². The summed E-state index contributed by atoms with van der Waals surface area (Å²) in [6, 6.07) is 10.5. The largest absolute Gasteiger partial charge is 0.353 e. The van der Waals surface area contributed by atoms with Crippen LogP contribution < -0.4 is 11.1 Å². The molecule has 3 atom stereocenters. The van der Waals surface area contributed by atoms with Crippen molar-refractivity contribution in [1.29, 1.82) is 0 Å². The predicted octanol–water partition coefficient (Wildman–Crippen LogP) is 3.24. The van der Waals surface area contributed by atoms with Crippen LogP contribution in [-0.2, 0) is 4.79 Å². The van der Waals surface area contributed by atoms with Gasteiger partial charge in [0.05, 0.1) is 0 Å². The number of hydrogen-bond donors (Lipinski definition) is 2. The van der Waals surface area contributed by atoms with Crippen molar-refractivity contribution in [3.8, 4) is 0 Å². The van der Waals surface area contributed by atoms with E-state index < -0.39 is 0 Å². The van der Waals surface area contributed by atoms with E-state index in [0.29, 0.717) is 18.9 Å². The van der Waals surface area contributed by atoms with E-state index in [1.807, 2.05) is 18.2 Å². The van der Waals surface area contributed by atoms with E-state index in [1.165, 1.54) is 18.4 Å². The third-order valence-electron chi connectivity index (χ3n) is 4.42. The molecule has 3 unspecified atom stereocenters. The number of halogens is 1. The highest BCUT2D eigenvalue weighted by Gasteiger charge is 2.25. The van der Waals surface area contributed by atoms with Gasteiger partial charge in [-0.3, -0.25) is 4.79 Å². The first-order valence-corrected chi connectivity index (χ1v) is 7.75. The van der Waals surface area contributed by atoms with Gasteiger partial charge in [0.2, 0.25) is 5.91 Å². The van der Waals surface area contributed by atoms with Crippen LogP contribution in [0.25, 0.3) is 0 Å². The Labute approximate surface area is 134 Å². The topological polar surface area (TPSA) is 55.1 Å². The quantitative estimate of drug-likeness (QED) is 0.877.